The number of carbonyl (C=O) groups excluding carboxylic acids is 3. The normalized spacial score (nSPS) is 31.2. The molecule has 2 heterocycles. The molecule has 0 aromatic carbocycles. The maximum atomic E-state index is 12.8. The second-order valence-electron chi connectivity index (χ2n) is 6.79. The summed E-state index contributed by atoms with van der Waals surface area (Å²) in [5.41, 5.74) is 0. The van der Waals surface area contributed by atoms with E-state index in [9.17, 15) is 14.4 Å². The smallest absolute Gasteiger partial charge is 0.317 e. The summed E-state index contributed by atoms with van der Waals surface area (Å²) in [6.45, 7) is 3.43. The molecule has 4 aliphatic rings. The molecule has 9 heteroatoms. The van der Waals surface area contributed by atoms with Crippen molar-refractivity contribution >= 4 is 34.3 Å². The van der Waals surface area contributed by atoms with Crippen molar-refractivity contribution in [3.8, 4) is 0 Å². The lowest BCUT2D eigenvalue weighted by Gasteiger charge is -2.38. The van der Waals surface area contributed by atoms with Crippen molar-refractivity contribution < 1.29 is 14.4 Å². The molecule has 2 fully saturated rings. The first-order chi connectivity index (χ1) is 12.0. The zero-order valence-electron chi connectivity index (χ0n) is 13.9. The van der Waals surface area contributed by atoms with E-state index in [2.05, 4.69) is 33.0 Å². The van der Waals surface area contributed by atoms with E-state index in [-0.39, 0.29) is 35.5 Å². The number of aromatic nitrogens is 2. The maximum absolute atomic E-state index is 12.8. The number of carbonyl (C=O) groups is 3. The summed E-state index contributed by atoms with van der Waals surface area (Å²) in [6.07, 6.45) is 5.35. The van der Waals surface area contributed by atoms with Crippen molar-refractivity contribution in [1.82, 2.24) is 20.4 Å². The fourth-order valence-electron chi connectivity index (χ4n) is 4.21. The van der Waals surface area contributed by atoms with Crippen LogP contribution in [0.3, 0.4) is 0 Å². The molecule has 1 aromatic rings. The quantitative estimate of drug-likeness (QED) is 0.627. The predicted molar refractivity (Wildman–Crippen MR) is 90.4 cm³/mol. The molecule has 8 nitrogen and oxygen atoms in total. The zero-order chi connectivity index (χ0) is 17.7. The number of nitrogens with one attached hydrogen (secondary N) is 2. The maximum Gasteiger partial charge on any atom is 0.322 e. The van der Waals surface area contributed by atoms with Crippen molar-refractivity contribution in [3.63, 3.8) is 0 Å². The number of hydrogen-bond donors (Lipinski definition) is 2. The number of allylic oxidation sites excluding steroid dienone is 2. The van der Waals surface area contributed by atoms with E-state index in [4.69, 9.17) is 0 Å². The van der Waals surface area contributed by atoms with Gasteiger partial charge in [-0.1, -0.05) is 23.5 Å². The minimum Gasteiger partial charge on any atom is -0.317 e. The summed E-state index contributed by atoms with van der Waals surface area (Å²) in [4.78, 5) is 38.9. The van der Waals surface area contributed by atoms with Crippen LogP contribution in [0.1, 0.15) is 24.8 Å². The van der Waals surface area contributed by atoms with Crippen LogP contribution in [0.4, 0.5) is 9.93 Å². The van der Waals surface area contributed by atoms with Gasteiger partial charge in [-0.05, 0) is 38.5 Å². The number of likely N-dealkylation sites (tertiary alicyclic amines) is 1. The van der Waals surface area contributed by atoms with Gasteiger partial charge in [-0.15, -0.1) is 10.2 Å². The van der Waals surface area contributed by atoms with Gasteiger partial charge in [-0.2, -0.15) is 0 Å². The highest BCUT2D eigenvalue weighted by Crippen LogP contribution is 2.49. The molecule has 1 aromatic heterocycles. The average molecular weight is 361 g/mol. The Morgan fingerprint density at radius 1 is 1.20 bits per heavy atom. The molecule has 4 amide bonds. The summed E-state index contributed by atoms with van der Waals surface area (Å²) in [7, 11) is 0. The van der Waals surface area contributed by atoms with Gasteiger partial charge in [0.1, 0.15) is 11.2 Å². The second-order valence-corrected chi connectivity index (χ2v) is 7.97. The van der Waals surface area contributed by atoms with Gasteiger partial charge in [0.25, 0.3) is 0 Å². The molecule has 2 bridgehead atoms. The first-order valence-electron chi connectivity index (χ1n) is 8.38. The minimum atomic E-state index is -0.709. The van der Waals surface area contributed by atoms with Gasteiger partial charge in [0.2, 0.25) is 16.9 Å². The second kappa shape index (κ2) is 5.91. The fourth-order valence-corrected chi connectivity index (χ4v) is 4.80. The molecular formula is C16H19N5O3S. The van der Waals surface area contributed by atoms with Gasteiger partial charge in [0.15, 0.2) is 0 Å². The SMILES string of the molecule is Cc1nnc(NC(=O)N[C@H](C)N2C(=O)[C@@H]3[C@@H](C2=O)[C@H]2C=C[C@H]3CC2)s1. The van der Waals surface area contributed by atoms with Crippen LogP contribution in [-0.4, -0.2) is 39.1 Å². The third kappa shape index (κ3) is 2.62. The molecule has 0 spiro atoms. The highest BCUT2D eigenvalue weighted by Gasteiger charge is 2.57. The van der Waals surface area contributed by atoms with E-state index >= 15 is 0 Å². The van der Waals surface area contributed by atoms with Crippen LogP contribution in [0.15, 0.2) is 12.2 Å². The van der Waals surface area contributed by atoms with E-state index in [1.807, 2.05) is 0 Å². The zero-order valence-corrected chi connectivity index (χ0v) is 14.7. The Morgan fingerprint density at radius 2 is 1.80 bits per heavy atom. The van der Waals surface area contributed by atoms with Crippen molar-refractivity contribution in [3.05, 3.63) is 17.2 Å². The van der Waals surface area contributed by atoms with Gasteiger partial charge in [0, 0.05) is 0 Å². The number of rotatable bonds is 3. The largest absolute Gasteiger partial charge is 0.322 e. The molecule has 5 atom stereocenters. The first kappa shape index (κ1) is 16.2. The number of nitrogens with zero attached hydrogens (tertiary/aromatic N) is 3. The minimum absolute atomic E-state index is 0.141. The summed E-state index contributed by atoms with van der Waals surface area (Å²) in [6, 6.07) is -0.514. The van der Waals surface area contributed by atoms with Gasteiger partial charge < -0.3 is 5.32 Å². The van der Waals surface area contributed by atoms with Crippen LogP contribution in [0.5, 0.6) is 0 Å². The lowest BCUT2D eigenvalue weighted by atomic mass is 9.63. The Morgan fingerprint density at radius 3 is 2.28 bits per heavy atom. The Balaban J connectivity index is 1.45. The number of imide groups is 1. The Labute approximate surface area is 148 Å². The number of hydrogen-bond acceptors (Lipinski definition) is 6. The standard InChI is InChI=1S/C16H19N5O3S/c1-7(17-15(24)18-16-20-19-8(2)25-16)21-13(22)11-9-3-4-10(6-5-9)12(11)14(21)23/h3-4,7,9-12H,5-6H2,1-2H3,(H2,17,18,20,24)/t7-,9-,10-,11-,12-/m0/s1. The Hall–Kier alpha value is -2.29. The third-order valence-electron chi connectivity index (χ3n) is 5.27. The molecular weight excluding hydrogens is 342 g/mol. The fraction of sp³-hybridized carbons (Fsp3) is 0.562. The highest BCUT2D eigenvalue weighted by atomic mass is 32.1. The molecule has 3 aliphatic carbocycles. The number of aryl methyl sites for hydroxylation is 1. The van der Waals surface area contributed by atoms with Crippen molar-refractivity contribution in [2.45, 2.75) is 32.9 Å². The van der Waals surface area contributed by atoms with Gasteiger partial charge in [-0.25, -0.2) is 4.79 Å². The summed E-state index contributed by atoms with van der Waals surface area (Å²) in [5.74, 6) is -0.602. The van der Waals surface area contributed by atoms with Crippen molar-refractivity contribution in [1.29, 1.82) is 0 Å². The van der Waals surface area contributed by atoms with Crippen molar-refractivity contribution in [2.24, 2.45) is 23.7 Å². The molecule has 0 unspecified atom stereocenters. The van der Waals surface area contributed by atoms with Crippen LogP contribution in [0.2, 0.25) is 0 Å². The average Bonchev–Trinajstić information content (AvgIpc) is 3.11. The van der Waals surface area contributed by atoms with E-state index in [1.54, 1.807) is 13.8 Å². The number of urea groups is 1. The van der Waals surface area contributed by atoms with Gasteiger partial charge in [0.05, 0.1) is 11.8 Å². The highest BCUT2D eigenvalue weighted by molar-refractivity contribution is 7.15. The Bertz CT molecular complexity index is 744. The predicted octanol–water partition coefficient (Wildman–Crippen LogP) is 1.51. The number of fused-ring (bicyclic) bond motifs is 1. The van der Waals surface area contributed by atoms with E-state index in [0.717, 1.165) is 17.8 Å². The first-order valence-corrected chi connectivity index (χ1v) is 9.20. The van der Waals surface area contributed by atoms with Gasteiger partial charge >= 0.3 is 6.03 Å². The lowest BCUT2D eigenvalue weighted by molar-refractivity contribution is -0.142. The monoisotopic (exact) mass is 361 g/mol. The van der Waals surface area contributed by atoms with Crippen LogP contribution in [0.25, 0.3) is 0 Å². The lowest BCUT2D eigenvalue weighted by Crippen LogP contribution is -2.50. The topological polar surface area (TPSA) is 104 Å². The van der Waals surface area contributed by atoms with Crippen molar-refractivity contribution in [2.75, 3.05) is 5.32 Å². The summed E-state index contributed by atoms with van der Waals surface area (Å²) >= 11 is 1.25. The molecule has 1 saturated heterocycles. The van der Waals surface area contributed by atoms with E-state index in [1.165, 1.54) is 16.2 Å². The molecule has 5 rings (SSSR count). The Kier molecular flexibility index (Phi) is 3.82. The third-order valence-corrected chi connectivity index (χ3v) is 6.02. The van der Waals surface area contributed by atoms with E-state index in [0.29, 0.717) is 5.13 Å². The van der Waals surface area contributed by atoms with Gasteiger partial charge in [-0.3, -0.25) is 19.8 Å². The van der Waals surface area contributed by atoms with Crippen LogP contribution < -0.4 is 10.6 Å². The molecule has 1 saturated carbocycles. The number of amides is 4. The molecule has 132 valence electrons. The molecule has 1 aliphatic heterocycles. The van der Waals surface area contributed by atoms with Crippen LogP contribution in [0, 0.1) is 30.6 Å². The molecule has 0 radical (unpaired) electrons. The molecule has 2 N–H and O–H groups in total. The summed E-state index contributed by atoms with van der Waals surface area (Å²) < 4.78 is 0. The number of anilines is 1. The van der Waals surface area contributed by atoms with Crippen LogP contribution in [-0.2, 0) is 9.59 Å². The van der Waals surface area contributed by atoms with Crippen LogP contribution >= 0.6 is 11.3 Å². The molecule has 25 heavy (non-hydrogen) atoms. The summed E-state index contributed by atoms with van der Waals surface area (Å²) in [5, 5.41) is 14.0. The van der Waals surface area contributed by atoms with E-state index < -0.39 is 12.2 Å².